The molecule has 2 aromatic rings. The molecule has 1 N–H and O–H groups in total. The molecule has 1 amide bonds. The van der Waals surface area contributed by atoms with Gasteiger partial charge in [-0.25, -0.2) is 0 Å². The molecule has 3 heterocycles. The second-order valence-corrected chi connectivity index (χ2v) is 7.52. The van der Waals surface area contributed by atoms with Crippen LogP contribution in [-0.4, -0.2) is 39.4 Å². The molecule has 0 aliphatic carbocycles. The van der Waals surface area contributed by atoms with Gasteiger partial charge in [0.2, 0.25) is 6.10 Å². The van der Waals surface area contributed by atoms with Gasteiger partial charge in [-0.15, -0.1) is 0 Å². The summed E-state index contributed by atoms with van der Waals surface area (Å²) in [6.07, 6.45) is 0.835. The predicted octanol–water partition coefficient (Wildman–Crippen LogP) is 3.42. The SMILES string of the molecule is CC(C)C1=NO[C@H](C(=O)N2CCc3[nH]nc(-c4ccc(Cl)cc4)c3C2)C1. The third-order valence-corrected chi connectivity index (χ3v) is 5.25. The summed E-state index contributed by atoms with van der Waals surface area (Å²) in [5, 5.41) is 12.3. The Morgan fingerprint density at radius 3 is 2.81 bits per heavy atom. The van der Waals surface area contributed by atoms with Gasteiger partial charge in [0, 0.05) is 47.8 Å². The first-order valence-corrected chi connectivity index (χ1v) is 9.24. The highest BCUT2D eigenvalue weighted by atomic mass is 35.5. The smallest absolute Gasteiger partial charge is 0.267 e. The lowest BCUT2D eigenvalue weighted by atomic mass is 9.99. The van der Waals surface area contributed by atoms with E-state index in [1.807, 2.05) is 29.2 Å². The lowest BCUT2D eigenvalue weighted by Crippen LogP contribution is -2.42. The Bertz CT molecular complexity index is 857. The average molecular weight is 373 g/mol. The number of fused-ring (bicyclic) bond motifs is 1. The molecule has 2 aliphatic heterocycles. The Balaban J connectivity index is 1.52. The molecule has 0 saturated carbocycles. The van der Waals surface area contributed by atoms with Gasteiger partial charge >= 0.3 is 0 Å². The van der Waals surface area contributed by atoms with Crippen LogP contribution in [0.2, 0.25) is 5.02 Å². The van der Waals surface area contributed by atoms with Gasteiger partial charge in [-0.2, -0.15) is 5.10 Å². The van der Waals surface area contributed by atoms with Crippen LogP contribution in [-0.2, 0) is 22.6 Å². The molecule has 6 nitrogen and oxygen atoms in total. The maximum Gasteiger partial charge on any atom is 0.267 e. The number of rotatable bonds is 3. The molecule has 0 fully saturated rings. The topological polar surface area (TPSA) is 70.6 Å². The van der Waals surface area contributed by atoms with Crippen LogP contribution in [0.4, 0.5) is 0 Å². The molecule has 26 heavy (non-hydrogen) atoms. The fourth-order valence-electron chi connectivity index (χ4n) is 3.40. The third-order valence-electron chi connectivity index (χ3n) is 5.00. The van der Waals surface area contributed by atoms with Crippen molar-refractivity contribution in [1.29, 1.82) is 0 Å². The number of oxime groups is 1. The number of nitrogens with one attached hydrogen (secondary N) is 1. The summed E-state index contributed by atoms with van der Waals surface area (Å²) in [4.78, 5) is 20.1. The van der Waals surface area contributed by atoms with E-state index in [-0.39, 0.29) is 5.91 Å². The second-order valence-electron chi connectivity index (χ2n) is 7.08. The number of aromatic amines is 1. The van der Waals surface area contributed by atoms with E-state index in [0.29, 0.717) is 30.5 Å². The molecule has 4 rings (SSSR count). The Hall–Kier alpha value is -2.34. The summed E-state index contributed by atoms with van der Waals surface area (Å²) >= 11 is 5.98. The number of nitrogens with zero attached hydrogens (tertiary/aromatic N) is 3. The van der Waals surface area contributed by atoms with Gasteiger partial charge in [-0.1, -0.05) is 42.7 Å². The van der Waals surface area contributed by atoms with Crippen molar-refractivity contribution in [2.45, 2.75) is 39.3 Å². The molecule has 0 radical (unpaired) electrons. The van der Waals surface area contributed by atoms with E-state index < -0.39 is 6.10 Å². The van der Waals surface area contributed by atoms with Crippen LogP contribution in [0.3, 0.4) is 0 Å². The molecule has 1 aromatic heterocycles. The van der Waals surface area contributed by atoms with Crippen LogP contribution in [0.25, 0.3) is 11.3 Å². The van der Waals surface area contributed by atoms with Crippen LogP contribution in [0.1, 0.15) is 31.5 Å². The minimum Gasteiger partial charge on any atom is -0.382 e. The Morgan fingerprint density at radius 2 is 2.12 bits per heavy atom. The van der Waals surface area contributed by atoms with Crippen molar-refractivity contribution in [3.05, 3.63) is 40.5 Å². The fraction of sp³-hybridized carbons (Fsp3) is 0.421. The molecule has 1 aromatic carbocycles. The first kappa shape index (κ1) is 17.1. The summed E-state index contributed by atoms with van der Waals surface area (Å²) < 4.78 is 0. The number of halogens is 1. The van der Waals surface area contributed by atoms with Crippen molar-refractivity contribution < 1.29 is 9.63 Å². The second kappa shape index (κ2) is 6.76. The highest BCUT2D eigenvalue weighted by Gasteiger charge is 2.35. The molecule has 2 aliphatic rings. The normalized spacial score (nSPS) is 19.3. The van der Waals surface area contributed by atoms with Crippen LogP contribution < -0.4 is 0 Å². The van der Waals surface area contributed by atoms with Crippen molar-refractivity contribution in [2.24, 2.45) is 11.1 Å². The Labute approximate surface area is 157 Å². The van der Waals surface area contributed by atoms with E-state index in [1.165, 1.54) is 0 Å². The molecule has 7 heteroatoms. The molecule has 0 saturated heterocycles. The van der Waals surface area contributed by atoms with Gasteiger partial charge in [0.1, 0.15) is 0 Å². The standard InChI is InChI=1S/C19H21ClN4O2/c1-11(2)16-9-17(26-23-16)19(25)24-8-7-15-14(10-24)18(22-21-15)12-3-5-13(20)6-4-12/h3-6,11,17H,7-10H2,1-2H3,(H,21,22)/t17-/m0/s1. The zero-order chi connectivity index (χ0) is 18.3. The van der Waals surface area contributed by atoms with E-state index in [4.69, 9.17) is 16.4 Å². The van der Waals surface area contributed by atoms with Crippen molar-refractivity contribution in [2.75, 3.05) is 6.54 Å². The molecule has 0 spiro atoms. The van der Waals surface area contributed by atoms with Crippen molar-refractivity contribution in [3.63, 3.8) is 0 Å². The van der Waals surface area contributed by atoms with Gasteiger partial charge < -0.3 is 9.74 Å². The number of hydrogen-bond donors (Lipinski definition) is 1. The highest BCUT2D eigenvalue weighted by molar-refractivity contribution is 6.30. The zero-order valence-electron chi connectivity index (χ0n) is 14.8. The van der Waals surface area contributed by atoms with Gasteiger partial charge in [-0.3, -0.25) is 9.89 Å². The van der Waals surface area contributed by atoms with E-state index >= 15 is 0 Å². The quantitative estimate of drug-likeness (QED) is 0.897. The van der Waals surface area contributed by atoms with E-state index in [2.05, 4.69) is 29.2 Å². The number of carbonyl (C=O) groups excluding carboxylic acids is 1. The van der Waals surface area contributed by atoms with E-state index in [0.717, 1.165) is 34.6 Å². The zero-order valence-corrected chi connectivity index (χ0v) is 15.6. The number of hydrogen-bond acceptors (Lipinski definition) is 4. The first-order valence-electron chi connectivity index (χ1n) is 8.86. The highest BCUT2D eigenvalue weighted by Crippen LogP contribution is 2.30. The Kier molecular flexibility index (Phi) is 4.44. The maximum atomic E-state index is 12.9. The van der Waals surface area contributed by atoms with Gasteiger partial charge in [-0.05, 0) is 18.1 Å². The van der Waals surface area contributed by atoms with Crippen molar-refractivity contribution in [1.82, 2.24) is 15.1 Å². The number of carbonyl (C=O) groups is 1. The number of aromatic nitrogens is 2. The maximum absolute atomic E-state index is 12.9. The largest absolute Gasteiger partial charge is 0.382 e. The summed E-state index contributed by atoms with van der Waals surface area (Å²) in [5.41, 5.74) is 4.97. The van der Waals surface area contributed by atoms with Crippen molar-refractivity contribution in [3.8, 4) is 11.3 Å². The minimum atomic E-state index is -0.500. The molecule has 136 valence electrons. The summed E-state index contributed by atoms with van der Waals surface area (Å²) in [6, 6.07) is 7.59. The summed E-state index contributed by atoms with van der Waals surface area (Å²) in [7, 11) is 0. The lowest BCUT2D eigenvalue weighted by molar-refractivity contribution is -0.143. The molecule has 1 atom stereocenters. The average Bonchev–Trinajstić information content (AvgIpc) is 3.29. The monoisotopic (exact) mass is 372 g/mol. The van der Waals surface area contributed by atoms with E-state index in [9.17, 15) is 4.79 Å². The first-order chi connectivity index (χ1) is 12.5. The Morgan fingerprint density at radius 1 is 1.35 bits per heavy atom. The van der Waals surface area contributed by atoms with Gasteiger partial charge in [0.15, 0.2) is 0 Å². The van der Waals surface area contributed by atoms with E-state index in [1.54, 1.807) is 0 Å². The van der Waals surface area contributed by atoms with Crippen LogP contribution in [0.15, 0.2) is 29.4 Å². The molecule has 0 bridgehead atoms. The molecular weight excluding hydrogens is 352 g/mol. The summed E-state index contributed by atoms with van der Waals surface area (Å²) in [6.45, 7) is 5.31. The lowest BCUT2D eigenvalue weighted by Gasteiger charge is -2.28. The van der Waals surface area contributed by atoms with Crippen LogP contribution >= 0.6 is 11.6 Å². The van der Waals surface area contributed by atoms with Gasteiger partial charge in [0.05, 0.1) is 11.4 Å². The van der Waals surface area contributed by atoms with Crippen molar-refractivity contribution >= 4 is 23.2 Å². The van der Waals surface area contributed by atoms with Crippen LogP contribution in [0.5, 0.6) is 0 Å². The molecular formula is C19H21ClN4O2. The fourth-order valence-corrected chi connectivity index (χ4v) is 3.53. The predicted molar refractivity (Wildman–Crippen MR) is 99.9 cm³/mol. The number of benzene rings is 1. The number of amides is 1. The number of H-pyrrole nitrogens is 1. The molecule has 0 unspecified atom stereocenters. The minimum absolute atomic E-state index is 0.00157. The third kappa shape index (κ3) is 3.09. The van der Waals surface area contributed by atoms with Crippen LogP contribution in [0, 0.1) is 5.92 Å². The van der Waals surface area contributed by atoms with Gasteiger partial charge in [0.25, 0.3) is 5.91 Å². The summed E-state index contributed by atoms with van der Waals surface area (Å²) in [5.74, 6) is 0.296.